The maximum Gasteiger partial charge on any atom is 0.324 e. The number of rotatable bonds is 5. The molecule has 5 aromatic rings. The van der Waals surface area contributed by atoms with Crippen molar-refractivity contribution in [1.82, 2.24) is 15.0 Å². The molecular formula is C22H16N4O3S. The number of methoxy groups -OCH3 is 1. The second-order valence-corrected chi connectivity index (χ2v) is 7.61. The van der Waals surface area contributed by atoms with Crippen molar-refractivity contribution >= 4 is 27.2 Å². The Morgan fingerprint density at radius 1 is 1.10 bits per heavy atom. The number of hydrogen-bond acceptors (Lipinski definition) is 5. The summed E-state index contributed by atoms with van der Waals surface area (Å²) in [7, 11) is 1.63. The minimum atomic E-state index is -0.387. The largest absolute Gasteiger partial charge is 0.497 e. The molecule has 5 rings (SSSR count). The Balaban J connectivity index is 1.70. The van der Waals surface area contributed by atoms with E-state index in [0.717, 1.165) is 50.5 Å². The van der Waals surface area contributed by atoms with Gasteiger partial charge in [-0.2, -0.15) is 0 Å². The summed E-state index contributed by atoms with van der Waals surface area (Å²) < 4.78 is 5.27. The molecule has 0 saturated carbocycles. The minimum Gasteiger partial charge on any atom is -0.497 e. The van der Waals surface area contributed by atoms with Gasteiger partial charge in [0.15, 0.2) is 0 Å². The summed E-state index contributed by atoms with van der Waals surface area (Å²) in [4.78, 5) is 22.2. The van der Waals surface area contributed by atoms with Gasteiger partial charge in [-0.25, -0.2) is 4.98 Å². The summed E-state index contributed by atoms with van der Waals surface area (Å²) in [5.41, 5.74) is 5.24. The van der Waals surface area contributed by atoms with Crippen LogP contribution in [0.5, 0.6) is 5.75 Å². The molecule has 7 nitrogen and oxygen atoms in total. The number of H-pyrrole nitrogens is 2. The minimum absolute atomic E-state index is 0.0843. The Bertz CT molecular complexity index is 1360. The van der Waals surface area contributed by atoms with Gasteiger partial charge in [0.1, 0.15) is 11.6 Å². The fourth-order valence-corrected chi connectivity index (χ4v) is 4.19. The Kier molecular flexibility index (Phi) is 4.33. The number of aromatic nitrogens is 3. The average Bonchev–Trinajstić information content (AvgIpc) is 3.50. The first-order valence-electron chi connectivity index (χ1n) is 9.18. The van der Waals surface area contributed by atoms with Gasteiger partial charge in [-0.1, -0.05) is 29.5 Å². The highest BCUT2D eigenvalue weighted by Crippen LogP contribution is 2.38. The number of nitrogens with zero attached hydrogens (tertiary/aromatic N) is 2. The van der Waals surface area contributed by atoms with E-state index in [9.17, 15) is 10.1 Å². The van der Waals surface area contributed by atoms with E-state index in [4.69, 9.17) is 9.72 Å². The van der Waals surface area contributed by atoms with Crippen LogP contribution in [0.25, 0.3) is 44.8 Å². The van der Waals surface area contributed by atoms with E-state index in [1.807, 2.05) is 48.7 Å². The third-order valence-corrected chi connectivity index (χ3v) is 5.85. The molecular weight excluding hydrogens is 400 g/mol. The summed E-state index contributed by atoms with van der Waals surface area (Å²) in [6, 6.07) is 17.3. The van der Waals surface area contributed by atoms with Gasteiger partial charge in [0, 0.05) is 45.2 Å². The zero-order chi connectivity index (χ0) is 20.7. The van der Waals surface area contributed by atoms with E-state index in [2.05, 4.69) is 16.0 Å². The molecule has 0 aliphatic carbocycles. The maximum absolute atomic E-state index is 11.1. The molecule has 0 fully saturated rings. The molecule has 2 N–H and O–H groups in total. The number of thiophene rings is 1. The molecule has 0 spiro atoms. The quantitative estimate of drug-likeness (QED) is 0.277. The second kappa shape index (κ2) is 7.16. The van der Waals surface area contributed by atoms with Crippen LogP contribution >= 0.6 is 11.3 Å². The monoisotopic (exact) mass is 416 g/mol. The molecule has 0 saturated heterocycles. The molecule has 2 aromatic carbocycles. The van der Waals surface area contributed by atoms with Crippen molar-refractivity contribution in [3.8, 4) is 39.7 Å². The Morgan fingerprint density at radius 2 is 1.90 bits per heavy atom. The molecule has 148 valence electrons. The topological polar surface area (TPSA) is 96.8 Å². The fraction of sp³-hybridized carbons (Fsp3) is 0.0455. The molecule has 0 aliphatic heterocycles. The lowest BCUT2D eigenvalue weighted by Crippen LogP contribution is -1.85. The van der Waals surface area contributed by atoms with E-state index in [1.54, 1.807) is 18.6 Å². The Morgan fingerprint density at radius 3 is 2.63 bits per heavy atom. The number of imidazole rings is 1. The van der Waals surface area contributed by atoms with Crippen molar-refractivity contribution in [3.63, 3.8) is 0 Å². The summed E-state index contributed by atoms with van der Waals surface area (Å²) >= 11 is 1.09. The van der Waals surface area contributed by atoms with Crippen LogP contribution in [0, 0.1) is 10.1 Å². The molecule has 0 unspecified atom stereocenters. The Labute approximate surface area is 175 Å². The first-order chi connectivity index (χ1) is 14.6. The number of benzene rings is 2. The van der Waals surface area contributed by atoms with Crippen molar-refractivity contribution < 1.29 is 9.66 Å². The number of fused-ring (bicyclic) bond motifs is 1. The van der Waals surface area contributed by atoms with Gasteiger partial charge in [-0.05, 0) is 30.3 Å². The first kappa shape index (κ1) is 18.1. The van der Waals surface area contributed by atoms with Crippen molar-refractivity contribution in [1.29, 1.82) is 0 Å². The van der Waals surface area contributed by atoms with E-state index in [1.165, 1.54) is 0 Å². The van der Waals surface area contributed by atoms with Gasteiger partial charge in [0.2, 0.25) is 0 Å². The number of ether oxygens (including phenoxy) is 1. The highest BCUT2D eigenvalue weighted by molar-refractivity contribution is 7.13. The predicted molar refractivity (Wildman–Crippen MR) is 118 cm³/mol. The SMILES string of the molecule is COc1ccc(-c2nc(-c3csc([N+](=O)[O-])c3)[nH]c2-c2c[nH]c3ccccc23)cc1. The number of aromatic amines is 2. The van der Waals surface area contributed by atoms with Crippen LogP contribution in [0.1, 0.15) is 0 Å². The Hall–Kier alpha value is -3.91. The lowest BCUT2D eigenvalue weighted by atomic mass is 10.0. The standard InChI is InChI=1S/C22H16N4O3S/c1-29-15-8-6-13(7-9-15)20-21(17-11-23-18-5-3-2-4-16(17)18)25-22(24-20)14-10-19(26(27)28)30-12-14/h2-12,23H,1H3,(H,24,25). The lowest BCUT2D eigenvalue weighted by molar-refractivity contribution is -0.380. The number of hydrogen-bond donors (Lipinski definition) is 2. The molecule has 3 aromatic heterocycles. The molecule has 30 heavy (non-hydrogen) atoms. The lowest BCUT2D eigenvalue weighted by Gasteiger charge is -2.04. The third kappa shape index (κ3) is 3.03. The van der Waals surface area contributed by atoms with Gasteiger partial charge in [0.05, 0.1) is 23.4 Å². The zero-order valence-corrected chi connectivity index (χ0v) is 16.7. The van der Waals surface area contributed by atoms with E-state index >= 15 is 0 Å². The molecule has 0 radical (unpaired) electrons. The first-order valence-corrected chi connectivity index (χ1v) is 10.1. The summed E-state index contributed by atoms with van der Waals surface area (Å²) in [6.45, 7) is 0. The number of nitrogens with one attached hydrogen (secondary N) is 2. The van der Waals surface area contributed by atoms with Gasteiger partial charge < -0.3 is 14.7 Å². The van der Waals surface area contributed by atoms with Crippen LogP contribution in [-0.2, 0) is 0 Å². The van der Waals surface area contributed by atoms with Crippen LogP contribution in [-0.4, -0.2) is 27.0 Å². The van der Waals surface area contributed by atoms with Crippen molar-refractivity contribution in [2.45, 2.75) is 0 Å². The van der Waals surface area contributed by atoms with E-state index in [-0.39, 0.29) is 9.92 Å². The van der Waals surface area contributed by atoms with Crippen LogP contribution in [0.3, 0.4) is 0 Å². The van der Waals surface area contributed by atoms with Gasteiger partial charge in [-0.3, -0.25) is 10.1 Å². The summed E-state index contributed by atoms with van der Waals surface area (Å²) in [5.74, 6) is 1.35. The molecule has 8 heteroatoms. The van der Waals surface area contributed by atoms with Crippen molar-refractivity contribution in [2.75, 3.05) is 7.11 Å². The van der Waals surface area contributed by atoms with E-state index < -0.39 is 0 Å². The van der Waals surface area contributed by atoms with E-state index in [0.29, 0.717) is 11.4 Å². The van der Waals surface area contributed by atoms with Gasteiger partial charge >= 0.3 is 5.00 Å². The normalized spacial score (nSPS) is 11.1. The second-order valence-electron chi connectivity index (χ2n) is 6.72. The molecule has 0 aliphatic rings. The van der Waals surface area contributed by atoms with Gasteiger partial charge in [0.25, 0.3) is 0 Å². The van der Waals surface area contributed by atoms with Crippen LogP contribution in [0.15, 0.2) is 66.2 Å². The fourth-order valence-electron chi connectivity index (χ4n) is 3.49. The summed E-state index contributed by atoms with van der Waals surface area (Å²) in [6.07, 6.45) is 1.95. The van der Waals surface area contributed by atoms with Crippen LogP contribution in [0.2, 0.25) is 0 Å². The smallest absolute Gasteiger partial charge is 0.324 e. The number of nitro groups is 1. The van der Waals surface area contributed by atoms with Crippen molar-refractivity contribution in [2.24, 2.45) is 0 Å². The molecule has 0 bridgehead atoms. The third-order valence-electron chi connectivity index (χ3n) is 4.96. The average molecular weight is 416 g/mol. The molecule has 0 atom stereocenters. The zero-order valence-electron chi connectivity index (χ0n) is 15.9. The van der Waals surface area contributed by atoms with Gasteiger partial charge in [-0.15, -0.1) is 0 Å². The maximum atomic E-state index is 11.1. The van der Waals surface area contributed by atoms with Crippen LogP contribution < -0.4 is 4.74 Å². The highest BCUT2D eigenvalue weighted by Gasteiger charge is 2.20. The number of para-hydroxylation sites is 1. The molecule has 3 heterocycles. The molecule has 0 amide bonds. The predicted octanol–water partition coefficient (Wildman–Crippen LogP) is 5.87. The highest BCUT2D eigenvalue weighted by atomic mass is 32.1. The summed E-state index contributed by atoms with van der Waals surface area (Å²) in [5, 5.41) is 14.0. The van der Waals surface area contributed by atoms with Crippen LogP contribution in [0.4, 0.5) is 5.00 Å². The van der Waals surface area contributed by atoms with Crippen molar-refractivity contribution in [3.05, 3.63) is 76.3 Å².